The van der Waals surface area contributed by atoms with Crippen LogP contribution in [-0.4, -0.2) is 17.8 Å². The number of hydrogen-bond acceptors (Lipinski definition) is 4. The number of alkyl halides is 3. The summed E-state index contributed by atoms with van der Waals surface area (Å²) in [5.41, 5.74) is -2.25. The molecule has 1 amide bonds. The van der Waals surface area contributed by atoms with Gasteiger partial charge in [-0.2, -0.15) is 18.2 Å². The van der Waals surface area contributed by atoms with Crippen molar-refractivity contribution in [3.05, 3.63) is 23.8 Å². The molecule has 5 nitrogen and oxygen atoms in total. The minimum Gasteiger partial charge on any atom is -0.444 e. The van der Waals surface area contributed by atoms with Gasteiger partial charge in [-0.1, -0.05) is 0 Å². The van der Waals surface area contributed by atoms with E-state index in [1.54, 1.807) is 20.8 Å². The summed E-state index contributed by atoms with van der Waals surface area (Å²) >= 11 is 0. The van der Waals surface area contributed by atoms with Crippen molar-refractivity contribution in [2.45, 2.75) is 32.5 Å². The summed E-state index contributed by atoms with van der Waals surface area (Å²) in [4.78, 5) is 25.1. The molecule has 8 heteroatoms. The van der Waals surface area contributed by atoms with E-state index >= 15 is 0 Å². The van der Waals surface area contributed by atoms with E-state index in [-0.39, 0.29) is 11.4 Å². The van der Waals surface area contributed by atoms with Gasteiger partial charge in [-0.25, -0.2) is 9.59 Å². The van der Waals surface area contributed by atoms with Crippen LogP contribution in [0.25, 0.3) is 0 Å². The molecule has 0 fully saturated rings. The number of carbonyl (C=O) groups is 1. The fourth-order valence-corrected chi connectivity index (χ4v) is 1.37. The van der Waals surface area contributed by atoms with Crippen LogP contribution in [-0.2, 0) is 15.7 Å². The van der Waals surface area contributed by atoms with E-state index < -0.39 is 23.4 Å². The highest BCUT2D eigenvalue weighted by Gasteiger charge is 2.31. The second-order valence-corrected chi connectivity index (χ2v) is 5.06. The van der Waals surface area contributed by atoms with Crippen LogP contribution in [0.5, 0.6) is 0 Å². The largest absolute Gasteiger partial charge is 0.444 e. The van der Waals surface area contributed by atoms with E-state index in [2.05, 4.69) is 10.3 Å². The second kappa shape index (κ2) is 5.97. The lowest BCUT2D eigenvalue weighted by Crippen LogP contribution is -2.27. The molecule has 114 valence electrons. The number of isocyanates is 1. The van der Waals surface area contributed by atoms with E-state index in [0.29, 0.717) is 6.07 Å². The van der Waals surface area contributed by atoms with Gasteiger partial charge in [0.1, 0.15) is 5.60 Å². The summed E-state index contributed by atoms with van der Waals surface area (Å²) in [6.45, 7) is 4.80. The van der Waals surface area contributed by atoms with Gasteiger partial charge in [0.2, 0.25) is 6.08 Å². The van der Waals surface area contributed by atoms with Crippen molar-refractivity contribution >= 4 is 23.5 Å². The van der Waals surface area contributed by atoms with Crippen molar-refractivity contribution < 1.29 is 27.5 Å². The Balaban J connectivity index is 3.12. The average Bonchev–Trinajstić information content (AvgIpc) is 2.27. The lowest BCUT2D eigenvalue weighted by Gasteiger charge is -2.20. The Kier molecular flexibility index (Phi) is 4.75. The number of benzene rings is 1. The maximum Gasteiger partial charge on any atom is 0.416 e. The van der Waals surface area contributed by atoms with Crippen LogP contribution in [0.3, 0.4) is 0 Å². The summed E-state index contributed by atoms with van der Waals surface area (Å²) in [5, 5.41) is 2.13. The number of rotatable bonds is 2. The van der Waals surface area contributed by atoms with Crippen molar-refractivity contribution in [1.29, 1.82) is 0 Å². The van der Waals surface area contributed by atoms with E-state index in [9.17, 15) is 22.8 Å². The Labute approximate surface area is 118 Å². The number of ether oxygens (including phenoxy) is 1. The molecule has 0 saturated carbocycles. The predicted molar refractivity (Wildman–Crippen MR) is 69.1 cm³/mol. The minimum atomic E-state index is -4.59. The highest BCUT2D eigenvalue weighted by Crippen LogP contribution is 2.35. The van der Waals surface area contributed by atoms with Crippen LogP contribution in [0.15, 0.2) is 23.2 Å². The van der Waals surface area contributed by atoms with Gasteiger partial charge in [0, 0.05) is 0 Å². The van der Waals surface area contributed by atoms with Crippen molar-refractivity contribution in [3.8, 4) is 0 Å². The smallest absolute Gasteiger partial charge is 0.416 e. The molecule has 0 radical (unpaired) electrons. The van der Waals surface area contributed by atoms with Gasteiger partial charge >= 0.3 is 12.3 Å². The quantitative estimate of drug-likeness (QED) is 0.662. The normalized spacial score (nSPS) is 11.5. The third kappa shape index (κ3) is 5.27. The highest BCUT2D eigenvalue weighted by atomic mass is 19.4. The highest BCUT2D eigenvalue weighted by molar-refractivity contribution is 5.89. The maximum absolute atomic E-state index is 12.6. The molecule has 1 aromatic rings. The molecule has 1 rings (SSSR count). The van der Waals surface area contributed by atoms with Gasteiger partial charge in [0.25, 0.3) is 0 Å². The van der Waals surface area contributed by atoms with Crippen molar-refractivity contribution in [1.82, 2.24) is 0 Å². The number of nitrogens with zero attached hydrogens (tertiary/aromatic N) is 1. The van der Waals surface area contributed by atoms with Gasteiger partial charge in [0.15, 0.2) is 0 Å². The summed E-state index contributed by atoms with van der Waals surface area (Å²) < 4.78 is 42.9. The fourth-order valence-electron chi connectivity index (χ4n) is 1.37. The van der Waals surface area contributed by atoms with Gasteiger partial charge in [-0.05, 0) is 39.0 Å². The summed E-state index contributed by atoms with van der Waals surface area (Å²) in [6.07, 6.45) is -4.34. The van der Waals surface area contributed by atoms with Crippen molar-refractivity contribution in [2.75, 3.05) is 5.32 Å². The first-order chi connectivity index (χ1) is 9.53. The number of amides is 1. The van der Waals surface area contributed by atoms with Crippen LogP contribution in [0, 0.1) is 0 Å². The van der Waals surface area contributed by atoms with Gasteiger partial charge in [0.05, 0.1) is 16.9 Å². The SMILES string of the molecule is CC(C)(C)OC(=O)Nc1cc(C(F)(F)F)ccc1N=C=O. The van der Waals surface area contributed by atoms with Crippen LogP contribution in [0.1, 0.15) is 26.3 Å². The molecule has 21 heavy (non-hydrogen) atoms. The molecule has 0 saturated heterocycles. The molecular weight excluding hydrogens is 289 g/mol. The van der Waals surface area contributed by atoms with Crippen LogP contribution < -0.4 is 5.32 Å². The van der Waals surface area contributed by atoms with Gasteiger partial charge in [-0.15, -0.1) is 0 Å². The number of hydrogen-bond donors (Lipinski definition) is 1. The number of aliphatic imine (C=N–C) groups is 1. The summed E-state index contributed by atoms with van der Waals surface area (Å²) in [7, 11) is 0. The first-order valence-electron chi connectivity index (χ1n) is 5.82. The third-order valence-electron chi connectivity index (χ3n) is 2.13. The second-order valence-electron chi connectivity index (χ2n) is 5.06. The Hall–Kier alpha value is -2.34. The topological polar surface area (TPSA) is 67.8 Å². The number of halogens is 3. The Morgan fingerprint density at radius 3 is 2.38 bits per heavy atom. The number of carbonyl (C=O) groups excluding carboxylic acids is 2. The summed E-state index contributed by atoms with van der Waals surface area (Å²) in [5.74, 6) is 0. The lowest BCUT2D eigenvalue weighted by atomic mass is 10.1. The summed E-state index contributed by atoms with van der Waals surface area (Å²) in [6, 6.07) is 2.37. The molecule has 0 atom stereocenters. The molecule has 0 aliphatic rings. The first kappa shape index (κ1) is 16.7. The lowest BCUT2D eigenvalue weighted by molar-refractivity contribution is -0.137. The predicted octanol–water partition coefficient (Wildman–Crippen LogP) is 4.02. The minimum absolute atomic E-state index is 0.149. The van der Waals surface area contributed by atoms with Gasteiger partial charge in [-0.3, -0.25) is 5.32 Å². The Morgan fingerprint density at radius 2 is 1.90 bits per heavy atom. The van der Waals surface area contributed by atoms with E-state index in [1.807, 2.05) is 0 Å². The zero-order valence-electron chi connectivity index (χ0n) is 11.5. The number of anilines is 1. The Morgan fingerprint density at radius 1 is 1.29 bits per heavy atom. The van der Waals surface area contributed by atoms with E-state index in [4.69, 9.17) is 4.74 Å². The zero-order valence-corrected chi connectivity index (χ0v) is 11.5. The zero-order chi connectivity index (χ0) is 16.3. The Bertz CT molecular complexity index is 585. The van der Waals surface area contributed by atoms with Crippen LogP contribution in [0.4, 0.5) is 29.3 Å². The van der Waals surface area contributed by atoms with E-state index in [0.717, 1.165) is 12.1 Å². The van der Waals surface area contributed by atoms with Crippen molar-refractivity contribution in [2.24, 2.45) is 4.99 Å². The molecule has 1 aromatic carbocycles. The standard InChI is InChI=1S/C13H13F3N2O3/c1-12(2,3)21-11(20)18-10-6-8(13(14,15)16)4-5-9(10)17-7-19/h4-6H,1-3H3,(H,18,20). The van der Waals surface area contributed by atoms with Crippen LogP contribution >= 0.6 is 0 Å². The fraction of sp³-hybridized carbons (Fsp3) is 0.385. The molecule has 0 aliphatic heterocycles. The molecule has 0 spiro atoms. The molecule has 0 unspecified atom stereocenters. The van der Waals surface area contributed by atoms with Gasteiger partial charge < -0.3 is 4.74 Å². The number of nitrogens with one attached hydrogen (secondary N) is 1. The maximum atomic E-state index is 12.6. The molecule has 0 heterocycles. The monoisotopic (exact) mass is 302 g/mol. The average molecular weight is 302 g/mol. The molecular formula is C13H13F3N2O3. The van der Waals surface area contributed by atoms with Crippen LogP contribution in [0.2, 0.25) is 0 Å². The molecule has 0 bridgehead atoms. The molecule has 1 N–H and O–H groups in total. The molecule has 0 aliphatic carbocycles. The third-order valence-corrected chi connectivity index (χ3v) is 2.13. The molecule has 0 aromatic heterocycles. The van der Waals surface area contributed by atoms with Crippen molar-refractivity contribution in [3.63, 3.8) is 0 Å². The van der Waals surface area contributed by atoms with E-state index in [1.165, 1.54) is 6.08 Å². The first-order valence-corrected chi connectivity index (χ1v) is 5.82.